The summed E-state index contributed by atoms with van der Waals surface area (Å²) in [6.07, 6.45) is 3.58. The van der Waals surface area contributed by atoms with Gasteiger partial charge in [-0.05, 0) is 51.9 Å². The Morgan fingerprint density at radius 1 is 1.24 bits per heavy atom. The first-order valence-corrected chi connectivity index (χ1v) is 6.92. The Labute approximate surface area is 104 Å². The molecule has 2 heterocycles. The Morgan fingerprint density at radius 2 is 1.94 bits per heavy atom. The van der Waals surface area contributed by atoms with Crippen molar-refractivity contribution in [2.24, 2.45) is 5.41 Å². The molecule has 1 unspecified atom stereocenters. The van der Waals surface area contributed by atoms with Gasteiger partial charge >= 0.3 is 0 Å². The van der Waals surface area contributed by atoms with E-state index in [4.69, 9.17) is 0 Å². The van der Waals surface area contributed by atoms with E-state index in [9.17, 15) is 10.2 Å². The fourth-order valence-electron chi connectivity index (χ4n) is 3.52. The molecule has 0 saturated carbocycles. The average Bonchev–Trinajstić information content (AvgIpc) is 2.39. The van der Waals surface area contributed by atoms with Crippen LogP contribution in [0.5, 0.6) is 0 Å². The zero-order valence-corrected chi connectivity index (χ0v) is 10.9. The second-order valence-corrected chi connectivity index (χ2v) is 5.69. The maximum atomic E-state index is 10.9. The van der Waals surface area contributed by atoms with Gasteiger partial charge in [-0.25, -0.2) is 0 Å². The first-order valence-electron chi connectivity index (χ1n) is 6.92. The van der Waals surface area contributed by atoms with Crippen LogP contribution >= 0.6 is 0 Å². The number of aliphatic hydroxyl groups is 2. The predicted octanol–water partition coefficient (Wildman–Crippen LogP) is 0.195. The third-order valence-corrected chi connectivity index (χ3v) is 4.82. The fourth-order valence-corrected chi connectivity index (χ4v) is 3.52. The summed E-state index contributed by atoms with van der Waals surface area (Å²) in [5, 5.41) is 24.1. The number of hydrogen-bond donors (Lipinski definition) is 3. The van der Waals surface area contributed by atoms with Crippen molar-refractivity contribution in [2.75, 3.05) is 39.3 Å². The molecule has 2 aliphatic rings. The molecule has 0 bridgehead atoms. The molecule has 1 atom stereocenters. The molecule has 0 amide bonds. The Balaban J connectivity index is 2.16. The Hall–Kier alpha value is -0.160. The van der Waals surface area contributed by atoms with Crippen LogP contribution in [0.1, 0.15) is 32.6 Å². The van der Waals surface area contributed by atoms with E-state index in [1.165, 1.54) is 0 Å². The van der Waals surface area contributed by atoms with Gasteiger partial charge in [0.15, 0.2) is 0 Å². The van der Waals surface area contributed by atoms with Crippen LogP contribution in [-0.4, -0.2) is 60.0 Å². The highest BCUT2D eigenvalue weighted by atomic mass is 16.3. The SMILES string of the molecule is CCN1CCCC(CO)(C2(O)CCNCC2)C1. The summed E-state index contributed by atoms with van der Waals surface area (Å²) in [5.74, 6) is 0. The second kappa shape index (κ2) is 5.22. The number of nitrogens with one attached hydrogen (secondary N) is 1. The van der Waals surface area contributed by atoms with Gasteiger partial charge in [0.25, 0.3) is 0 Å². The number of likely N-dealkylation sites (tertiary alicyclic amines) is 1. The van der Waals surface area contributed by atoms with Gasteiger partial charge in [0.05, 0.1) is 12.2 Å². The monoisotopic (exact) mass is 242 g/mol. The summed E-state index contributed by atoms with van der Waals surface area (Å²) < 4.78 is 0. The van der Waals surface area contributed by atoms with Crippen LogP contribution in [0, 0.1) is 5.41 Å². The van der Waals surface area contributed by atoms with E-state index >= 15 is 0 Å². The third kappa shape index (κ3) is 2.36. The molecular formula is C13H26N2O2. The maximum Gasteiger partial charge on any atom is 0.0762 e. The summed E-state index contributed by atoms with van der Waals surface area (Å²) in [7, 11) is 0. The quantitative estimate of drug-likeness (QED) is 0.661. The lowest BCUT2D eigenvalue weighted by atomic mass is 9.63. The van der Waals surface area contributed by atoms with E-state index < -0.39 is 5.60 Å². The van der Waals surface area contributed by atoms with Gasteiger partial charge in [-0.1, -0.05) is 6.92 Å². The molecule has 2 rings (SSSR count). The molecule has 17 heavy (non-hydrogen) atoms. The van der Waals surface area contributed by atoms with Crippen molar-refractivity contribution in [1.29, 1.82) is 0 Å². The number of piperidine rings is 2. The average molecular weight is 242 g/mol. The number of rotatable bonds is 3. The molecular weight excluding hydrogens is 216 g/mol. The predicted molar refractivity (Wildman–Crippen MR) is 67.9 cm³/mol. The highest BCUT2D eigenvalue weighted by Gasteiger charge is 2.51. The molecule has 2 saturated heterocycles. The highest BCUT2D eigenvalue weighted by Crippen LogP contribution is 2.44. The van der Waals surface area contributed by atoms with Gasteiger partial charge in [-0.2, -0.15) is 0 Å². The normalized spacial score (nSPS) is 34.8. The number of aliphatic hydroxyl groups excluding tert-OH is 1. The van der Waals surface area contributed by atoms with Gasteiger partial charge < -0.3 is 20.4 Å². The molecule has 0 aromatic carbocycles. The van der Waals surface area contributed by atoms with Gasteiger partial charge in [0.2, 0.25) is 0 Å². The van der Waals surface area contributed by atoms with E-state index in [1.54, 1.807) is 0 Å². The van der Waals surface area contributed by atoms with Crippen LogP contribution in [0.2, 0.25) is 0 Å². The van der Waals surface area contributed by atoms with Crippen molar-refractivity contribution in [3.05, 3.63) is 0 Å². The Morgan fingerprint density at radius 3 is 2.53 bits per heavy atom. The summed E-state index contributed by atoms with van der Waals surface area (Å²) in [6, 6.07) is 0. The van der Waals surface area contributed by atoms with Gasteiger partial charge in [-0.15, -0.1) is 0 Å². The lowest BCUT2D eigenvalue weighted by Crippen LogP contribution is -2.62. The molecule has 0 aliphatic carbocycles. The summed E-state index contributed by atoms with van der Waals surface area (Å²) in [5.41, 5.74) is -0.982. The van der Waals surface area contributed by atoms with E-state index in [2.05, 4.69) is 17.1 Å². The zero-order chi connectivity index (χ0) is 12.4. The first-order chi connectivity index (χ1) is 8.16. The smallest absolute Gasteiger partial charge is 0.0762 e. The largest absolute Gasteiger partial charge is 0.396 e. The number of nitrogens with zero attached hydrogens (tertiary/aromatic N) is 1. The standard InChI is InChI=1S/C13H26N2O2/c1-2-15-9-3-4-12(10-15,11-16)13(17)5-7-14-8-6-13/h14,16-17H,2-11H2,1H3. The van der Waals surface area contributed by atoms with Crippen molar-refractivity contribution in [2.45, 2.75) is 38.2 Å². The fraction of sp³-hybridized carbons (Fsp3) is 1.00. The van der Waals surface area contributed by atoms with E-state index in [-0.39, 0.29) is 12.0 Å². The first kappa shape index (κ1) is 13.3. The van der Waals surface area contributed by atoms with Gasteiger partial charge in [-0.3, -0.25) is 0 Å². The van der Waals surface area contributed by atoms with Crippen molar-refractivity contribution >= 4 is 0 Å². The van der Waals surface area contributed by atoms with Crippen LogP contribution < -0.4 is 5.32 Å². The van der Waals surface area contributed by atoms with Crippen LogP contribution in [0.3, 0.4) is 0 Å². The van der Waals surface area contributed by atoms with Crippen molar-refractivity contribution in [1.82, 2.24) is 10.2 Å². The third-order valence-electron chi connectivity index (χ3n) is 4.82. The number of hydrogen-bond acceptors (Lipinski definition) is 4. The molecule has 2 aliphatic heterocycles. The lowest BCUT2D eigenvalue weighted by molar-refractivity contribution is -0.153. The highest BCUT2D eigenvalue weighted by molar-refractivity contribution is 5.04. The van der Waals surface area contributed by atoms with Gasteiger partial charge in [0.1, 0.15) is 0 Å². The van der Waals surface area contributed by atoms with Crippen molar-refractivity contribution in [3.63, 3.8) is 0 Å². The van der Waals surface area contributed by atoms with Crippen LogP contribution in [0.25, 0.3) is 0 Å². The van der Waals surface area contributed by atoms with Crippen LogP contribution in [0.4, 0.5) is 0 Å². The summed E-state index contributed by atoms with van der Waals surface area (Å²) >= 11 is 0. The van der Waals surface area contributed by atoms with Crippen molar-refractivity contribution in [3.8, 4) is 0 Å². The Kier molecular flexibility index (Phi) is 4.08. The Bertz CT molecular complexity index is 254. The maximum absolute atomic E-state index is 10.9. The molecule has 0 aromatic heterocycles. The topological polar surface area (TPSA) is 55.7 Å². The minimum absolute atomic E-state index is 0.111. The molecule has 0 aromatic rings. The molecule has 4 nitrogen and oxygen atoms in total. The summed E-state index contributed by atoms with van der Waals surface area (Å²) in [6.45, 7) is 6.95. The van der Waals surface area contributed by atoms with Gasteiger partial charge in [0, 0.05) is 12.0 Å². The molecule has 4 heteroatoms. The molecule has 3 N–H and O–H groups in total. The minimum Gasteiger partial charge on any atom is -0.396 e. The van der Waals surface area contributed by atoms with E-state index in [1.807, 2.05) is 0 Å². The van der Waals surface area contributed by atoms with E-state index in [0.29, 0.717) is 0 Å². The second-order valence-electron chi connectivity index (χ2n) is 5.69. The van der Waals surface area contributed by atoms with E-state index in [0.717, 1.165) is 58.4 Å². The lowest BCUT2D eigenvalue weighted by Gasteiger charge is -2.53. The minimum atomic E-state index is -0.680. The van der Waals surface area contributed by atoms with Crippen LogP contribution in [0.15, 0.2) is 0 Å². The molecule has 2 fully saturated rings. The van der Waals surface area contributed by atoms with Crippen LogP contribution in [-0.2, 0) is 0 Å². The zero-order valence-electron chi connectivity index (χ0n) is 10.9. The summed E-state index contributed by atoms with van der Waals surface area (Å²) in [4.78, 5) is 2.36. The van der Waals surface area contributed by atoms with Crippen molar-refractivity contribution < 1.29 is 10.2 Å². The molecule has 100 valence electrons. The molecule has 0 radical (unpaired) electrons. The molecule has 0 spiro atoms.